The highest BCUT2D eigenvalue weighted by Gasteiger charge is 2.33. The summed E-state index contributed by atoms with van der Waals surface area (Å²) in [4.78, 5) is 6.89. The van der Waals surface area contributed by atoms with Gasteiger partial charge in [-0.15, -0.1) is 0 Å². The van der Waals surface area contributed by atoms with Crippen molar-refractivity contribution in [3.63, 3.8) is 0 Å². The Morgan fingerprint density at radius 3 is 2.60 bits per heavy atom. The van der Waals surface area contributed by atoms with E-state index in [9.17, 15) is 13.2 Å². The molecule has 30 heavy (non-hydrogen) atoms. The van der Waals surface area contributed by atoms with Crippen LogP contribution in [0.3, 0.4) is 0 Å². The number of nitrogens with zero attached hydrogens (tertiary/aromatic N) is 2. The number of halogens is 3. The number of para-hydroxylation sites is 1. The van der Waals surface area contributed by atoms with Crippen LogP contribution in [-0.2, 0) is 10.9 Å². The molecule has 6 nitrogen and oxygen atoms in total. The molecule has 0 spiro atoms. The minimum atomic E-state index is -4.44. The zero-order valence-electron chi connectivity index (χ0n) is 17.8. The van der Waals surface area contributed by atoms with Crippen LogP contribution in [0.4, 0.5) is 13.2 Å². The number of methoxy groups -OCH3 is 1. The molecule has 2 rings (SSSR count). The van der Waals surface area contributed by atoms with Crippen molar-refractivity contribution in [2.75, 3.05) is 53.0 Å². The SMILES string of the molecule is CCNC(=NCCOc1ccccc1C(F)(F)F)NC1CCN(CCCOC)CC1. The fraction of sp³-hybridized carbons (Fsp3) is 0.667. The first-order valence-corrected chi connectivity index (χ1v) is 10.5. The number of piperidine rings is 1. The van der Waals surface area contributed by atoms with E-state index in [0.29, 0.717) is 18.5 Å². The maximum absolute atomic E-state index is 13.0. The van der Waals surface area contributed by atoms with E-state index >= 15 is 0 Å². The van der Waals surface area contributed by atoms with Crippen molar-refractivity contribution >= 4 is 5.96 Å². The Hall–Kier alpha value is -2.00. The number of aliphatic imine (C=N–C) groups is 1. The van der Waals surface area contributed by atoms with E-state index in [2.05, 4.69) is 20.5 Å². The van der Waals surface area contributed by atoms with Crippen LogP contribution < -0.4 is 15.4 Å². The van der Waals surface area contributed by atoms with Gasteiger partial charge in [0, 0.05) is 45.9 Å². The summed E-state index contributed by atoms with van der Waals surface area (Å²) in [5.74, 6) is 0.502. The van der Waals surface area contributed by atoms with E-state index in [1.54, 1.807) is 7.11 Å². The number of nitrogens with one attached hydrogen (secondary N) is 2. The van der Waals surface area contributed by atoms with Crippen LogP contribution >= 0.6 is 0 Å². The smallest absolute Gasteiger partial charge is 0.419 e. The van der Waals surface area contributed by atoms with Crippen LogP contribution in [-0.4, -0.2) is 69.9 Å². The van der Waals surface area contributed by atoms with Crippen LogP contribution in [0.25, 0.3) is 0 Å². The summed E-state index contributed by atoms with van der Waals surface area (Å²) in [6.45, 7) is 6.90. The van der Waals surface area contributed by atoms with Crippen molar-refractivity contribution in [1.29, 1.82) is 0 Å². The predicted molar refractivity (Wildman–Crippen MR) is 112 cm³/mol. The van der Waals surface area contributed by atoms with Gasteiger partial charge in [0.1, 0.15) is 12.4 Å². The molecule has 0 aliphatic carbocycles. The van der Waals surface area contributed by atoms with E-state index in [4.69, 9.17) is 9.47 Å². The number of alkyl halides is 3. The van der Waals surface area contributed by atoms with Crippen molar-refractivity contribution in [3.8, 4) is 5.75 Å². The number of guanidine groups is 1. The van der Waals surface area contributed by atoms with Crippen molar-refractivity contribution in [2.24, 2.45) is 4.99 Å². The summed E-state index contributed by atoms with van der Waals surface area (Å²) in [5.41, 5.74) is -0.767. The Balaban J connectivity index is 1.79. The molecular formula is C21H33F3N4O2. The average molecular weight is 431 g/mol. The Morgan fingerprint density at radius 2 is 1.93 bits per heavy atom. The average Bonchev–Trinajstić information content (AvgIpc) is 2.72. The normalized spacial score (nSPS) is 16.5. The fourth-order valence-corrected chi connectivity index (χ4v) is 3.39. The van der Waals surface area contributed by atoms with Crippen LogP contribution in [0.5, 0.6) is 5.75 Å². The Labute approximate surface area is 176 Å². The Kier molecular flexibility index (Phi) is 10.2. The second kappa shape index (κ2) is 12.6. The first-order chi connectivity index (χ1) is 14.4. The topological polar surface area (TPSA) is 58.1 Å². The largest absolute Gasteiger partial charge is 0.491 e. The van der Waals surface area contributed by atoms with Gasteiger partial charge in [-0.25, -0.2) is 4.99 Å². The third kappa shape index (κ3) is 8.39. The lowest BCUT2D eigenvalue weighted by Gasteiger charge is -2.33. The molecule has 0 unspecified atom stereocenters. The van der Waals surface area contributed by atoms with Gasteiger partial charge >= 0.3 is 6.18 Å². The van der Waals surface area contributed by atoms with Gasteiger partial charge in [0.2, 0.25) is 0 Å². The third-order valence-corrected chi connectivity index (χ3v) is 4.91. The Morgan fingerprint density at radius 1 is 1.20 bits per heavy atom. The van der Waals surface area contributed by atoms with Gasteiger partial charge in [-0.3, -0.25) is 0 Å². The summed E-state index contributed by atoms with van der Waals surface area (Å²) in [6.07, 6.45) is -1.36. The maximum Gasteiger partial charge on any atom is 0.419 e. The first-order valence-electron chi connectivity index (χ1n) is 10.5. The van der Waals surface area contributed by atoms with Gasteiger partial charge in [-0.2, -0.15) is 13.2 Å². The van der Waals surface area contributed by atoms with Crippen molar-refractivity contribution in [3.05, 3.63) is 29.8 Å². The lowest BCUT2D eigenvalue weighted by atomic mass is 10.1. The van der Waals surface area contributed by atoms with E-state index < -0.39 is 11.7 Å². The molecular weight excluding hydrogens is 397 g/mol. The van der Waals surface area contributed by atoms with Crippen LogP contribution in [0, 0.1) is 0 Å². The molecule has 1 aliphatic heterocycles. The molecule has 0 amide bonds. The van der Waals surface area contributed by atoms with Gasteiger partial charge in [-0.05, 0) is 38.3 Å². The van der Waals surface area contributed by atoms with Gasteiger partial charge < -0.3 is 25.0 Å². The number of ether oxygens (including phenoxy) is 2. The van der Waals surface area contributed by atoms with Crippen molar-refractivity contribution in [1.82, 2.24) is 15.5 Å². The molecule has 1 aliphatic rings. The number of hydrogen-bond acceptors (Lipinski definition) is 4. The summed E-state index contributed by atoms with van der Waals surface area (Å²) < 4.78 is 49.5. The first kappa shape index (κ1) is 24.3. The molecule has 2 N–H and O–H groups in total. The van der Waals surface area contributed by atoms with Crippen LogP contribution in [0.15, 0.2) is 29.3 Å². The molecule has 1 heterocycles. The van der Waals surface area contributed by atoms with Gasteiger partial charge in [0.05, 0.1) is 12.1 Å². The summed E-state index contributed by atoms with van der Waals surface area (Å²) in [5, 5.41) is 6.62. The lowest BCUT2D eigenvalue weighted by Crippen LogP contribution is -2.49. The number of benzene rings is 1. The van der Waals surface area contributed by atoms with Gasteiger partial charge in [0.25, 0.3) is 0 Å². The second-order valence-corrected chi connectivity index (χ2v) is 7.21. The molecule has 1 aromatic rings. The molecule has 0 bridgehead atoms. The molecule has 0 atom stereocenters. The van der Waals surface area contributed by atoms with E-state index in [0.717, 1.165) is 51.6 Å². The van der Waals surface area contributed by atoms with E-state index in [1.165, 1.54) is 18.2 Å². The zero-order chi connectivity index (χ0) is 21.8. The van der Waals surface area contributed by atoms with E-state index in [-0.39, 0.29) is 18.9 Å². The molecule has 1 fully saturated rings. The lowest BCUT2D eigenvalue weighted by molar-refractivity contribution is -0.138. The minimum Gasteiger partial charge on any atom is -0.491 e. The summed E-state index contributed by atoms with van der Waals surface area (Å²) in [7, 11) is 1.72. The highest BCUT2D eigenvalue weighted by Crippen LogP contribution is 2.35. The van der Waals surface area contributed by atoms with Gasteiger partial charge in [0.15, 0.2) is 5.96 Å². The van der Waals surface area contributed by atoms with Gasteiger partial charge in [-0.1, -0.05) is 12.1 Å². The predicted octanol–water partition coefficient (Wildman–Crippen LogP) is 3.14. The van der Waals surface area contributed by atoms with Crippen molar-refractivity contribution in [2.45, 2.75) is 38.4 Å². The minimum absolute atomic E-state index is 0.0710. The molecule has 1 saturated heterocycles. The Bertz CT molecular complexity index is 647. The molecule has 9 heteroatoms. The summed E-state index contributed by atoms with van der Waals surface area (Å²) in [6, 6.07) is 5.56. The van der Waals surface area contributed by atoms with Crippen LogP contribution in [0.1, 0.15) is 31.7 Å². The summed E-state index contributed by atoms with van der Waals surface area (Å²) >= 11 is 0. The standard InChI is InChI=1S/C21H33F3N4O2/c1-3-25-20(27-17-9-13-28(14-10-17)12-6-15-29-2)26-11-16-30-19-8-5-4-7-18(19)21(22,23)24/h4-5,7-8,17H,3,6,9-16H2,1-2H3,(H2,25,26,27). The third-order valence-electron chi connectivity index (χ3n) is 4.91. The molecule has 0 aromatic heterocycles. The number of likely N-dealkylation sites (tertiary alicyclic amines) is 1. The highest BCUT2D eigenvalue weighted by atomic mass is 19.4. The van der Waals surface area contributed by atoms with E-state index in [1.807, 2.05) is 6.92 Å². The molecule has 1 aromatic carbocycles. The monoisotopic (exact) mass is 430 g/mol. The molecule has 0 radical (unpaired) electrons. The fourth-order valence-electron chi connectivity index (χ4n) is 3.39. The quantitative estimate of drug-likeness (QED) is 0.339. The van der Waals surface area contributed by atoms with Crippen LogP contribution in [0.2, 0.25) is 0 Å². The number of hydrogen-bond donors (Lipinski definition) is 2. The molecule has 0 saturated carbocycles. The highest BCUT2D eigenvalue weighted by molar-refractivity contribution is 5.80. The number of rotatable bonds is 10. The maximum atomic E-state index is 13.0. The zero-order valence-corrected chi connectivity index (χ0v) is 17.8. The van der Waals surface area contributed by atoms with Crippen molar-refractivity contribution < 1.29 is 22.6 Å². The second-order valence-electron chi connectivity index (χ2n) is 7.21. The molecule has 170 valence electrons.